The molecule has 28 heteroatoms. The predicted molar refractivity (Wildman–Crippen MR) is 334 cm³/mol. The lowest BCUT2D eigenvalue weighted by Gasteiger charge is -2.26. The largest absolute Gasteiger partial charge is 0.462 e. The average Bonchev–Trinajstić information content (AvgIpc) is 3.49. The minimum absolute atomic E-state index is 0.00717. The molecule has 0 saturated heterocycles. The van der Waals surface area contributed by atoms with Gasteiger partial charge in [0, 0.05) is 61.5 Å². The summed E-state index contributed by atoms with van der Waals surface area (Å²) in [6, 6.07) is 0. The molecule has 0 aromatic rings. The Morgan fingerprint density at radius 2 is 0.424 bits per heavy atom. The Hall–Kier alpha value is -3.67. The first-order chi connectivity index (χ1) is 40.7. The van der Waals surface area contributed by atoms with Crippen LogP contribution in [0.1, 0.15) is 86.0 Å². The van der Waals surface area contributed by atoms with Crippen molar-refractivity contribution in [1.82, 2.24) is 14.7 Å². The molecule has 0 aliphatic heterocycles. The van der Waals surface area contributed by atoms with E-state index in [0.29, 0.717) is 80.8 Å². The molecule has 0 spiro atoms. The summed E-state index contributed by atoms with van der Waals surface area (Å²) in [7, 11) is 0. The third kappa shape index (κ3) is 45.3. The van der Waals surface area contributed by atoms with Crippen molar-refractivity contribution in [1.29, 1.82) is 0 Å². The maximum Gasteiger partial charge on any atom is 0.309 e. The number of carbonyl (C=O) groups is 10. The number of hydrogen-bond donors (Lipinski definition) is 0. The fourth-order valence-electron chi connectivity index (χ4n) is 7.59. The summed E-state index contributed by atoms with van der Waals surface area (Å²) in [5, 5.41) is 0. The number of carbonyl (C=O) groups excluding carboxylic acids is 10. The molecule has 0 heterocycles. The van der Waals surface area contributed by atoms with E-state index in [2.05, 4.69) is 4.90 Å². The molecule has 492 valence electrons. The van der Waals surface area contributed by atoms with Crippen LogP contribution in [0.3, 0.4) is 0 Å². The number of unbranched alkanes of at least 4 members (excludes halogenated alkanes) is 1. The summed E-state index contributed by atoms with van der Waals surface area (Å²) in [6.07, 6.45) is 11.2. The molecule has 0 N–H and O–H groups in total. The van der Waals surface area contributed by atoms with Crippen LogP contribution in [0.4, 0.5) is 0 Å². The highest BCUT2D eigenvalue weighted by atomic mass is 32.2. The molecule has 0 aliphatic carbocycles. The second-order valence-electron chi connectivity index (χ2n) is 20.1. The number of thioether (sulfide) groups is 5. The van der Waals surface area contributed by atoms with Crippen molar-refractivity contribution in [2.24, 2.45) is 29.6 Å². The fraction of sp³-hybridized carbons (Fsp3) is 0.825. The number of rotatable bonds is 54. The Bertz CT molecular complexity index is 1820. The second-order valence-corrected chi connectivity index (χ2v) is 24.6. The van der Waals surface area contributed by atoms with Gasteiger partial charge in [0.2, 0.25) is 0 Å². The molecule has 0 radical (unpaired) electrons. The summed E-state index contributed by atoms with van der Waals surface area (Å²) in [6.45, 7) is 11.0. The van der Waals surface area contributed by atoms with Crippen LogP contribution in [0, 0.1) is 29.6 Å². The second kappa shape index (κ2) is 53.4. The Morgan fingerprint density at radius 1 is 0.259 bits per heavy atom. The maximum atomic E-state index is 13.0. The van der Waals surface area contributed by atoms with Gasteiger partial charge in [0.15, 0.2) is 0 Å². The van der Waals surface area contributed by atoms with Crippen LogP contribution in [0.2, 0.25) is 0 Å². The Labute approximate surface area is 526 Å². The van der Waals surface area contributed by atoms with E-state index in [0.717, 1.165) is 0 Å². The zero-order chi connectivity index (χ0) is 63.6. The van der Waals surface area contributed by atoms with Crippen LogP contribution in [0.15, 0.2) is 0 Å². The highest BCUT2D eigenvalue weighted by Crippen LogP contribution is 2.12. The predicted octanol–water partition coefficient (Wildman–Crippen LogP) is 5.44. The Morgan fingerprint density at radius 3 is 0.612 bits per heavy atom. The fourth-order valence-corrected chi connectivity index (χ4v) is 10.8. The van der Waals surface area contributed by atoms with Gasteiger partial charge in [-0.1, -0.05) is 34.6 Å². The van der Waals surface area contributed by atoms with Crippen molar-refractivity contribution in [3.05, 3.63) is 0 Å². The van der Waals surface area contributed by atoms with Gasteiger partial charge < -0.3 is 62.1 Å². The van der Waals surface area contributed by atoms with Crippen molar-refractivity contribution in [3.8, 4) is 0 Å². The van der Waals surface area contributed by atoms with Crippen molar-refractivity contribution in [2.75, 3.05) is 185 Å². The van der Waals surface area contributed by atoms with E-state index >= 15 is 0 Å². The van der Waals surface area contributed by atoms with Crippen molar-refractivity contribution in [3.63, 3.8) is 0 Å². The normalized spacial score (nSPS) is 13.0. The molecule has 85 heavy (non-hydrogen) atoms. The first kappa shape index (κ1) is 81.3. The highest BCUT2D eigenvalue weighted by Gasteiger charge is 2.21. The zero-order valence-electron chi connectivity index (χ0n) is 52.1. The summed E-state index contributed by atoms with van der Waals surface area (Å²) < 4.78 is 53.1. The summed E-state index contributed by atoms with van der Waals surface area (Å²) in [5.74, 6) is -2.93. The minimum atomic E-state index is -0.519. The van der Waals surface area contributed by atoms with Gasteiger partial charge in [-0.2, -0.15) is 58.8 Å². The molecule has 23 nitrogen and oxygen atoms in total. The molecule has 0 saturated carbocycles. The van der Waals surface area contributed by atoms with Crippen LogP contribution in [0.5, 0.6) is 0 Å². The smallest absolute Gasteiger partial charge is 0.309 e. The van der Waals surface area contributed by atoms with E-state index in [-0.39, 0.29) is 184 Å². The van der Waals surface area contributed by atoms with E-state index in [1.54, 1.807) is 34.6 Å². The molecular weight excluding hydrogens is 1210 g/mol. The van der Waals surface area contributed by atoms with Crippen molar-refractivity contribution >= 4 is 119 Å². The van der Waals surface area contributed by atoms with Gasteiger partial charge in [-0.25, -0.2) is 0 Å². The number of hydrogen-bond acceptors (Lipinski definition) is 28. The molecule has 5 atom stereocenters. The van der Waals surface area contributed by atoms with Gasteiger partial charge in [-0.15, -0.1) is 0 Å². The molecule has 0 fully saturated rings. The standard InChI is InChI=1S/C57H99N3O20S5/c1-43(38-81-6)53(66)76-33-28-71-48(61)14-23-58(21-13-22-60(26-17-51(64)74-31-36-79-56(69)46(4)41-84-9)27-18-52(65)75-32-37-80-57(70)47(5)42-85-10)19-11-12-20-59(24-15-49(62)72-29-34-77-54(67)44(2)39-82-7)25-16-50(63)73-30-35-78-55(68)45(3)40-83-8/h43-47H,11-42H2,1-10H3. The summed E-state index contributed by atoms with van der Waals surface area (Å²) >= 11 is 7.61. The van der Waals surface area contributed by atoms with E-state index in [1.807, 2.05) is 41.1 Å². The SMILES string of the molecule is CSCC(C)C(=O)OCCOC(=O)CCN(CCCCN(CCC(=O)OCCOC(=O)C(C)CSC)CCC(=O)OCCOC(=O)C(C)CSC)CCCN(CCC(=O)OCCOC(=O)C(C)CSC)CCC(=O)OCCOC(=O)C(C)CSC. The first-order valence-electron chi connectivity index (χ1n) is 28.9. The lowest BCUT2D eigenvalue weighted by molar-refractivity contribution is -0.154. The lowest BCUT2D eigenvalue weighted by Crippen LogP contribution is -2.35. The molecular formula is C57H99N3O20S5. The maximum absolute atomic E-state index is 13.0. The number of nitrogens with zero attached hydrogens (tertiary/aromatic N) is 3. The Balaban J connectivity index is 6.09. The molecule has 0 aliphatic rings. The van der Waals surface area contributed by atoms with Gasteiger partial charge >= 0.3 is 59.7 Å². The van der Waals surface area contributed by atoms with Gasteiger partial charge in [-0.3, -0.25) is 47.9 Å². The Kier molecular flexibility index (Phi) is 51.1. The molecule has 0 bridgehead atoms. The number of esters is 10. The zero-order valence-corrected chi connectivity index (χ0v) is 56.1. The van der Waals surface area contributed by atoms with Gasteiger partial charge in [0.05, 0.1) is 61.7 Å². The van der Waals surface area contributed by atoms with Crippen LogP contribution < -0.4 is 0 Å². The van der Waals surface area contributed by atoms with E-state index in [9.17, 15) is 47.9 Å². The summed E-state index contributed by atoms with van der Waals surface area (Å²) in [5.41, 5.74) is 0. The third-order valence-electron chi connectivity index (χ3n) is 12.4. The topological polar surface area (TPSA) is 273 Å². The molecule has 5 unspecified atom stereocenters. The van der Waals surface area contributed by atoms with Gasteiger partial charge in [-0.05, 0) is 76.7 Å². The van der Waals surface area contributed by atoms with Crippen LogP contribution in [-0.2, 0) is 95.3 Å². The van der Waals surface area contributed by atoms with Crippen LogP contribution >= 0.6 is 58.8 Å². The van der Waals surface area contributed by atoms with Crippen LogP contribution in [0.25, 0.3) is 0 Å². The van der Waals surface area contributed by atoms with Crippen LogP contribution in [-0.4, -0.2) is 259 Å². The molecule has 0 amide bonds. The summed E-state index contributed by atoms with van der Waals surface area (Å²) in [4.78, 5) is 132. The van der Waals surface area contributed by atoms with Crippen molar-refractivity contribution in [2.45, 2.75) is 86.0 Å². The minimum Gasteiger partial charge on any atom is -0.462 e. The van der Waals surface area contributed by atoms with Crippen molar-refractivity contribution < 1.29 is 95.3 Å². The van der Waals surface area contributed by atoms with E-state index in [4.69, 9.17) is 47.4 Å². The molecule has 0 rings (SSSR count). The van der Waals surface area contributed by atoms with Gasteiger partial charge in [0.25, 0.3) is 0 Å². The average molecular weight is 1310 g/mol. The monoisotopic (exact) mass is 1310 g/mol. The quantitative estimate of drug-likeness (QED) is 0.0416. The lowest BCUT2D eigenvalue weighted by atomic mass is 10.2. The van der Waals surface area contributed by atoms with E-state index < -0.39 is 29.8 Å². The first-order valence-corrected chi connectivity index (χ1v) is 35.9. The number of ether oxygens (including phenoxy) is 10. The van der Waals surface area contributed by atoms with E-state index in [1.165, 1.54) is 58.8 Å². The highest BCUT2D eigenvalue weighted by molar-refractivity contribution is 7.99. The molecule has 0 aromatic heterocycles. The molecule has 0 aromatic carbocycles. The van der Waals surface area contributed by atoms with Gasteiger partial charge in [0.1, 0.15) is 66.1 Å². The third-order valence-corrected chi connectivity index (χ3v) is 16.5.